The van der Waals surface area contributed by atoms with E-state index in [1.54, 1.807) is 43.8 Å². The van der Waals surface area contributed by atoms with Gasteiger partial charge in [-0.05, 0) is 42.0 Å². The number of hydrogen-bond acceptors (Lipinski definition) is 6. The van der Waals surface area contributed by atoms with Crippen LogP contribution in [-0.4, -0.2) is 29.4 Å². The summed E-state index contributed by atoms with van der Waals surface area (Å²) in [7, 11) is 1.59. The maximum atomic E-state index is 11.2. The molecule has 7 nitrogen and oxygen atoms in total. The zero-order valence-electron chi connectivity index (χ0n) is 15.2. The number of rotatable bonds is 8. The monoisotopic (exact) mass is 377 g/mol. The molecule has 142 valence electrons. The Morgan fingerprint density at radius 1 is 1.18 bits per heavy atom. The van der Waals surface area contributed by atoms with E-state index in [0.29, 0.717) is 17.3 Å². The molecule has 2 N–H and O–H groups in total. The third kappa shape index (κ3) is 4.85. The predicted octanol–water partition coefficient (Wildman–Crippen LogP) is 3.81. The van der Waals surface area contributed by atoms with Crippen LogP contribution in [0.25, 0.3) is 0 Å². The van der Waals surface area contributed by atoms with Crippen LogP contribution in [0.2, 0.25) is 0 Å². The van der Waals surface area contributed by atoms with Gasteiger partial charge in [-0.2, -0.15) is 5.10 Å². The van der Waals surface area contributed by atoms with Crippen LogP contribution < -0.4 is 14.9 Å². The number of pyridine rings is 1. The Balaban J connectivity index is 1.72. The fourth-order valence-corrected chi connectivity index (χ4v) is 2.52. The van der Waals surface area contributed by atoms with E-state index in [4.69, 9.17) is 9.47 Å². The topological polar surface area (TPSA) is 93.0 Å². The Bertz CT molecular complexity index is 974. The Kier molecular flexibility index (Phi) is 6.20. The molecule has 1 heterocycles. The number of aromatic nitrogens is 1. The van der Waals surface area contributed by atoms with Crippen LogP contribution in [0.1, 0.15) is 21.5 Å². The molecule has 0 fully saturated rings. The maximum Gasteiger partial charge on any atom is 0.337 e. The molecule has 1 aromatic heterocycles. The van der Waals surface area contributed by atoms with E-state index < -0.39 is 5.97 Å². The molecule has 0 bridgehead atoms. The third-order valence-corrected chi connectivity index (χ3v) is 3.87. The Morgan fingerprint density at radius 3 is 2.75 bits per heavy atom. The second-order valence-corrected chi connectivity index (χ2v) is 5.75. The first kappa shape index (κ1) is 18.9. The molecule has 3 rings (SSSR count). The lowest BCUT2D eigenvalue weighted by Gasteiger charge is -2.10. The van der Waals surface area contributed by atoms with E-state index in [-0.39, 0.29) is 12.2 Å². The molecular weight excluding hydrogens is 358 g/mol. The zero-order chi connectivity index (χ0) is 19.8. The molecule has 0 radical (unpaired) electrons. The molecule has 0 atom stereocenters. The zero-order valence-corrected chi connectivity index (χ0v) is 15.2. The van der Waals surface area contributed by atoms with Crippen LogP contribution in [0.4, 0.5) is 5.69 Å². The predicted molar refractivity (Wildman–Crippen MR) is 106 cm³/mol. The number of anilines is 1. The molecule has 3 aromatic rings. The number of hydrogen-bond donors (Lipinski definition) is 2. The summed E-state index contributed by atoms with van der Waals surface area (Å²) in [6.07, 6.45) is 3.26. The molecule has 0 amide bonds. The van der Waals surface area contributed by atoms with Crippen LogP contribution in [-0.2, 0) is 6.61 Å². The summed E-state index contributed by atoms with van der Waals surface area (Å²) in [4.78, 5) is 15.4. The largest absolute Gasteiger partial charge is 0.496 e. The minimum atomic E-state index is -1.02. The number of nitrogens with one attached hydrogen (secondary N) is 1. The number of ether oxygens (including phenoxy) is 2. The van der Waals surface area contributed by atoms with Crippen LogP contribution >= 0.6 is 0 Å². The molecule has 0 aliphatic heterocycles. The highest BCUT2D eigenvalue weighted by Gasteiger charge is 2.08. The molecule has 7 heteroatoms. The van der Waals surface area contributed by atoms with Crippen molar-refractivity contribution in [1.29, 1.82) is 0 Å². The van der Waals surface area contributed by atoms with Crippen molar-refractivity contribution in [2.45, 2.75) is 6.61 Å². The fourth-order valence-electron chi connectivity index (χ4n) is 2.52. The number of para-hydroxylation sites is 1. The number of carbonyl (C=O) groups is 1. The average molecular weight is 377 g/mol. The summed E-state index contributed by atoms with van der Waals surface area (Å²) in [5.41, 5.74) is 4.97. The van der Waals surface area contributed by atoms with Crippen LogP contribution in [0, 0.1) is 0 Å². The minimum Gasteiger partial charge on any atom is -0.496 e. The number of nitrogens with zero attached hydrogens (tertiary/aromatic N) is 2. The molecule has 2 aromatic carbocycles. The van der Waals surface area contributed by atoms with E-state index in [1.165, 1.54) is 6.07 Å². The lowest BCUT2D eigenvalue weighted by molar-refractivity contribution is 0.0698. The van der Waals surface area contributed by atoms with Gasteiger partial charge < -0.3 is 14.6 Å². The number of aromatic carboxylic acids is 1. The van der Waals surface area contributed by atoms with E-state index in [1.807, 2.05) is 30.3 Å². The van der Waals surface area contributed by atoms with E-state index in [2.05, 4.69) is 15.5 Å². The smallest absolute Gasteiger partial charge is 0.337 e. The summed E-state index contributed by atoms with van der Waals surface area (Å²) >= 11 is 0. The van der Waals surface area contributed by atoms with Gasteiger partial charge in [-0.3, -0.25) is 5.43 Å². The standard InChI is InChI=1S/C21H19N3O4/c1-27-19-10-9-15(12-16(19)14-28-20-8-4-5-11-22-20)13-23-24-18-7-3-2-6-17(18)21(25)26/h2-13,24H,14H2,1H3,(H,25,26)/b23-13+. The third-order valence-electron chi connectivity index (χ3n) is 3.87. The van der Waals surface area contributed by atoms with Crippen molar-refractivity contribution in [2.75, 3.05) is 12.5 Å². The summed E-state index contributed by atoms with van der Waals surface area (Å²) < 4.78 is 11.1. The maximum absolute atomic E-state index is 11.2. The number of carboxylic acids is 1. The van der Waals surface area contributed by atoms with Crippen LogP contribution in [0.15, 0.2) is 72.0 Å². The molecule has 0 aliphatic carbocycles. The van der Waals surface area contributed by atoms with E-state index in [9.17, 15) is 9.90 Å². The Morgan fingerprint density at radius 2 is 2.00 bits per heavy atom. The number of methoxy groups -OCH3 is 1. The van der Waals surface area contributed by atoms with Gasteiger partial charge in [0.05, 0.1) is 24.6 Å². The summed E-state index contributed by atoms with van der Waals surface area (Å²) in [5.74, 6) is 0.199. The van der Waals surface area contributed by atoms with Gasteiger partial charge in [-0.15, -0.1) is 0 Å². The van der Waals surface area contributed by atoms with Gasteiger partial charge in [-0.1, -0.05) is 18.2 Å². The van der Waals surface area contributed by atoms with Crippen molar-refractivity contribution in [3.8, 4) is 11.6 Å². The second kappa shape index (κ2) is 9.18. The highest BCUT2D eigenvalue weighted by molar-refractivity contribution is 5.94. The highest BCUT2D eigenvalue weighted by Crippen LogP contribution is 2.21. The van der Waals surface area contributed by atoms with Crippen LogP contribution in [0.3, 0.4) is 0 Å². The first-order valence-electron chi connectivity index (χ1n) is 8.49. The lowest BCUT2D eigenvalue weighted by atomic mass is 10.1. The van der Waals surface area contributed by atoms with E-state index >= 15 is 0 Å². The van der Waals surface area contributed by atoms with Crippen molar-refractivity contribution < 1.29 is 19.4 Å². The highest BCUT2D eigenvalue weighted by atomic mass is 16.5. The SMILES string of the molecule is COc1ccc(/C=N/Nc2ccccc2C(=O)O)cc1COc1ccccn1. The number of benzene rings is 2. The first-order chi connectivity index (χ1) is 13.7. The van der Waals surface area contributed by atoms with Gasteiger partial charge in [0.2, 0.25) is 5.88 Å². The van der Waals surface area contributed by atoms with Gasteiger partial charge in [0.15, 0.2) is 0 Å². The van der Waals surface area contributed by atoms with Gasteiger partial charge in [-0.25, -0.2) is 9.78 Å². The normalized spacial score (nSPS) is 10.6. The molecule has 0 spiro atoms. The molecule has 0 saturated carbocycles. The van der Waals surface area contributed by atoms with Crippen LogP contribution in [0.5, 0.6) is 11.6 Å². The summed E-state index contributed by atoms with van der Waals surface area (Å²) in [5, 5.41) is 13.3. The molecule has 0 saturated heterocycles. The van der Waals surface area contributed by atoms with Gasteiger partial charge in [0.1, 0.15) is 12.4 Å². The Hall–Kier alpha value is -3.87. The van der Waals surface area contributed by atoms with Crippen molar-refractivity contribution in [3.63, 3.8) is 0 Å². The quantitative estimate of drug-likeness (QED) is 0.458. The average Bonchev–Trinajstić information content (AvgIpc) is 2.73. The van der Waals surface area contributed by atoms with Crippen molar-refractivity contribution in [3.05, 3.63) is 83.6 Å². The van der Waals surface area contributed by atoms with Gasteiger partial charge in [0, 0.05) is 17.8 Å². The van der Waals surface area contributed by atoms with Crippen molar-refractivity contribution in [1.82, 2.24) is 4.98 Å². The lowest BCUT2D eigenvalue weighted by Crippen LogP contribution is -2.03. The number of hydrazone groups is 1. The summed E-state index contributed by atoms with van der Waals surface area (Å²) in [6, 6.07) is 17.6. The summed E-state index contributed by atoms with van der Waals surface area (Å²) in [6.45, 7) is 0.289. The number of carboxylic acid groups (broad SMARTS) is 1. The van der Waals surface area contributed by atoms with Crippen molar-refractivity contribution in [2.24, 2.45) is 5.10 Å². The molecule has 0 unspecified atom stereocenters. The molecule has 0 aliphatic rings. The molecule has 28 heavy (non-hydrogen) atoms. The second-order valence-electron chi connectivity index (χ2n) is 5.75. The first-order valence-corrected chi connectivity index (χ1v) is 8.49. The van der Waals surface area contributed by atoms with Gasteiger partial charge in [0.25, 0.3) is 0 Å². The van der Waals surface area contributed by atoms with Crippen molar-refractivity contribution >= 4 is 17.9 Å². The fraction of sp³-hybridized carbons (Fsp3) is 0.0952. The molecular formula is C21H19N3O4. The Labute approximate surface area is 162 Å². The van der Waals surface area contributed by atoms with Gasteiger partial charge >= 0.3 is 5.97 Å². The minimum absolute atomic E-state index is 0.152. The van der Waals surface area contributed by atoms with E-state index in [0.717, 1.165) is 11.1 Å².